The summed E-state index contributed by atoms with van der Waals surface area (Å²) in [6, 6.07) is 7.98. The third kappa shape index (κ3) is 3.80. The summed E-state index contributed by atoms with van der Waals surface area (Å²) in [5.74, 6) is 1.01. The van der Waals surface area contributed by atoms with E-state index in [0.717, 1.165) is 56.5 Å². The first kappa shape index (κ1) is 16.8. The van der Waals surface area contributed by atoms with Gasteiger partial charge >= 0.3 is 0 Å². The Morgan fingerprint density at radius 1 is 1.14 bits per heavy atom. The maximum atomic E-state index is 12.8. The molecule has 0 radical (unpaired) electrons. The molecule has 0 spiro atoms. The lowest BCUT2D eigenvalue weighted by Crippen LogP contribution is -2.44. The van der Waals surface area contributed by atoms with Crippen LogP contribution >= 0.6 is 0 Å². The quantitative estimate of drug-likeness (QED) is 0.726. The molecule has 122 valence electrons. The fourth-order valence-electron chi connectivity index (χ4n) is 3.27. The molecule has 4 heteroatoms. The summed E-state index contributed by atoms with van der Waals surface area (Å²) in [5, 5.41) is 6.44. The number of hydrogen-bond donors (Lipinski definition) is 2. The van der Waals surface area contributed by atoms with Crippen LogP contribution in [0.15, 0.2) is 24.3 Å². The van der Waals surface area contributed by atoms with E-state index in [-0.39, 0.29) is 11.3 Å². The molecule has 0 bridgehead atoms. The number of benzene rings is 1. The third-order valence-electron chi connectivity index (χ3n) is 4.55. The van der Waals surface area contributed by atoms with Crippen LogP contribution in [0.1, 0.15) is 44.6 Å². The Bertz CT molecular complexity index is 464. The summed E-state index contributed by atoms with van der Waals surface area (Å²) < 4.78 is 5.22. The van der Waals surface area contributed by atoms with Crippen LogP contribution in [0.2, 0.25) is 0 Å². The Balaban J connectivity index is 2.02. The van der Waals surface area contributed by atoms with Gasteiger partial charge in [0.2, 0.25) is 5.91 Å². The fraction of sp³-hybridized carbons (Fsp3) is 0.611. The molecule has 0 saturated heterocycles. The van der Waals surface area contributed by atoms with Gasteiger partial charge in [-0.2, -0.15) is 0 Å². The molecule has 2 rings (SSSR count). The lowest BCUT2D eigenvalue weighted by Gasteiger charge is -2.28. The molecule has 1 saturated carbocycles. The highest BCUT2D eigenvalue weighted by Crippen LogP contribution is 2.41. The minimum atomic E-state index is -0.350. The molecule has 4 nitrogen and oxygen atoms in total. The predicted octanol–water partition coefficient (Wildman–Crippen LogP) is 2.62. The minimum absolute atomic E-state index is 0.175. The van der Waals surface area contributed by atoms with E-state index in [4.69, 9.17) is 4.74 Å². The fourth-order valence-corrected chi connectivity index (χ4v) is 3.27. The first-order chi connectivity index (χ1) is 10.7. The van der Waals surface area contributed by atoms with Gasteiger partial charge in [-0.25, -0.2) is 0 Å². The van der Waals surface area contributed by atoms with Crippen LogP contribution in [0.25, 0.3) is 0 Å². The van der Waals surface area contributed by atoms with E-state index in [1.165, 1.54) is 0 Å². The molecule has 22 heavy (non-hydrogen) atoms. The summed E-state index contributed by atoms with van der Waals surface area (Å²) in [4.78, 5) is 12.8. The van der Waals surface area contributed by atoms with E-state index < -0.39 is 0 Å². The van der Waals surface area contributed by atoms with Crippen LogP contribution < -0.4 is 15.4 Å². The number of rotatable bonds is 8. The molecule has 1 aromatic rings. The van der Waals surface area contributed by atoms with Crippen LogP contribution in [-0.4, -0.2) is 32.7 Å². The van der Waals surface area contributed by atoms with Gasteiger partial charge in [0.15, 0.2) is 0 Å². The molecule has 2 N–H and O–H groups in total. The second kappa shape index (κ2) is 8.18. The molecule has 0 atom stereocenters. The van der Waals surface area contributed by atoms with Crippen molar-refractivity contribution in [3.63, 3.8) is 0 Å². The zero-order chi connectivity index (χ0) is 15.8. The number of hydrogen-bond acceptors (Lipinski definition) is 3. The molecule has 0 aromatic heterocycles. The van der Waals surface area contributed by atoms with Gasteiger partial charge in [0, 0.05) is 13.1 Å². The molecular formula is C18H28N2O2. The highest BCUT2D eigenvalue weighted by molar-refractivity contribution is 5.88. The highest BCUT2D eigenvalue weighted by Gasteiger charge is 2.42. The Morgan fingerprint density at radius 2 is 1.82 bits per heavy atom. The van der Waals surface area contributed by atoms with Crippen LogP contribution in [0.4, 0.5) is 0 Å². The van der Waals surface area contributed by atoms with Crippen molar-refractivity contribution in [2.75, 3.05) is 26.7 Å². The van der Waals surface area contributed by atoms with Crippen LogP contribution in [-0.2, 0) is 10.2 Å². The molecule has 0 heterocycles. The normalized spacial score (nSPS) is 16.5. The standard InChI is InChI=1S/C18H28N2O2/c1-3-12-19-13-14-20-17(21)18(10-4-5-11-18)15-6-8-16(22-2)9-7-15/h6-9,19H,3-5,10-14H2,1-2H3,(H,20,21). The van der Waals surface area contributed by atoms with Gasteiger partial charge in [-0.15, -0.1) is 0 Å². The Hall–Kier alpha value is -1.55. The van der Waals surface area contributed by atoms with E-state index in [0.29, 0.717) is 6.54 Å². The summed E-state index contributed by atoms with van der Waals surface area (Å²) in [6.07, 6.45) is 5.23. The van der Waals surface area contributed by atoms with Crippen molar-refractivity contribution in [2.24, 2.45) is 0 Å². The van der Waals surface area contributed by atoms with Gasteiger partial charge in [-0.1, -0.05) is 31.9 Å². The monoisotopic (exact) mass is 304 g/mol. The lowest BCUT2D eigenvalue weighted by molar-refractivity contribution is -0.126. The van der Waals surface area contributed by atoms with E-state index in [2.05, 4.69) is 17.6 Å². The SMILES string of the molecule is CCCNCCNC(=O)C1(c2ccc(OC)cc2)CCCC1. The summed E-state index contributed by atoms with van der Waals surface area (Å²) in [7, 11) is 1.66. The van der Waals surface area contributed by atoms with Crippen molar-refractivity contribution in [1.82, 2.24) is 10.6 Å². The molecule has 0 unspecified atom stereocenters. The lowest BCUT2D eigenvalue weighted by atomic mass is 9.78. The van der Waals surface area contributed by atoms with E-state index in [9.17, 15) is 4.79 Å². The average Bonchev–Trinajstić information content (AvgIpc) is 3.05. The van der Waals surface area contributed by atoms with Crippen LogP contribution in [0, 0.1) is 0 Å². The van der Waals surface area contributed by atoms with E-state index >= 15 is 0 Å². The van der Waals surface area contributed by atoms with Crippen molar-refractivity contribution in [3.05, 3.63) is 29.8 Å². The maximum absolute atomic E-state index is 12.8. The first-order valence-electron chi connectivity index (χ1n) is 8.36. The Labute approximate surface area is 133 Å². The zero-order valence-electron chi connectivity index (χ0n) is 13.8. The van der Waals surface area contributed by atoms with Crippen molar-refractivity contribution < 1.29 is 9.53 Å². The number of carbonyl (C=O) groups is 1. The van der Waals surface area contributed by atoms with Gasteiger partial charge in [0.25, 0.3) is 0 Å². The van der Waals surface area contributed by atoms with Gasteiger partial charge < -0.3 is 15.4 Å². The molecule has 1 amide bonds. The van der Waals surface area contributed by atoms with Crippen molar-refractivity contribution in [1.29, 1.82) is 0 Å². The van der Waals surface area contributed by atoms with Gasteiger partial charge in [0.05, 0.1) is 12.5 Å². The van der Waals surface area contributed by atoms with Gasteiger partial charge in [0.1, 0.15) is 5.75 Å². The second-order valence-corrected chi connectivity index (χ2v) is 6.02. The number of nitrogens with one attached hydrogen (secondary N) is 2. The smallest absolute Gasteiger partial charge is 0.230 e. The minimum Gasteiger partial charge on any atom is -0.497 e. The van der Waals surface area contributed by atoms with E-state index in [1.807, 2.05) is 24.3 Å². The molecule has 1 aromatic carbocycles. The number of ether oxygens (including phenoxy) is 1. The molecular weight excluding hydrogens is 276 g/mol. The topological polar surface area (TPSA) is 50.4 Å². The van der Waals surface area contributed by atoms with Crippen molar-refractivity contribution in [2.45, 2.75) is 44.4 Å². The van der Waals surface area contributed by atoms with Gasteiger partial charge in [-0.05, 0) is 43.5 Å². The van der Waals surface area contributed by atoms with Crippen molar-refractivity contribution >= 4 is 5.91 Å². The highest BCUT2D eigenvalue weighted by atomic mass is 16.5. The zero-order valence-corrected chi connectivity index (χ0v) is 13.8. The summed E-state index contributed by atoms with van der Waals surface area (Å²) in [5.41, 5.74) is 0.765. The molecule has 0 aliphatic heterocycles. The number of carbonyl (C=O) groups excluding carboxylic acids is 1. The Kier molecular flexibility index (Phi) is 6.25. The van der Waals surface area contributed by atoms with Gasteiger partial charge in [-0.3, -0.25) is 4.79 Å². The molecule has 1 fully saturated rings. The van der Waals surface area contributed by atoms with E-state index in [1.54, 1.807) is 7.11 Å². The molecule has 1 aliphatic carbocycles. The van der Waals surface area contributed by atoms with Crippen LogP contribution in [0.3, 0.4) is 0 Å². The third-order valence-corrected chi connectivity index (χ3v) is 4.55. The average molecular weight is 304 g/mol. The van der Waals surface area contributed by atoms with Crippen LogP contribution in [0.5, 0.6) is 5.75 Å². The molecule has 1 aliphatic rings. The maximum Gasteiger partial charge on any atom is 0.230 e. The first-order valence-corrected chi connectivity index (χ1v) is 8.36. The summed E-state index contributed by atoms with van der Waals surface area (Å²) >= 11 is 0. The number of amides is 1. The number of methoxy groups -OCH3 is 1. The summed E-state index contributed by atoms with van der Waals surface area (Å²) in [6.45, 7) is 4.66. The predicted molar refractivity (Wildman–Crippen MR) is 89.3 cm³/mol. The largest absolute Gasteiger partial charge is 0.497 e. The van der Waals surface area contributed by atoms with Crippen molar-refractivity contribution in [3.8, 4) is 5.75 Å². The second-order valence-electron chi connectivity index (χ2n) is 6.02. The Morgan fingerprint density at radius 3 is 2.41 bits per heavy atom.